The molecule has 1 N–H and O–H groups in total. The third-order valence-electron chi connectivity index (χ3n) is 2.19. The number of ether oxygens (including phenoxy) is 1. The van der Waals surface area contributed by atoms with Crippen LogP contribution < -0.4 is 5.32 Å². The first-order valence-corrected chi connectivity index (χ1v) is 5.84. The molecule has 0 bridgehead atoms. The first-order chi connectivity index (χ1) is 7.67. The Labute approximate surface area is 101 Å². The van der Waals surface area contributed by atoms with Crippen LogP contribution in [0.25, 0.3) is 0 Å². The van der Waals surface area contributed by atoms with Gasteiger partial charge in [-0.15, -0.1) is 11.6 Å². The molecular weight excluding hydrogens is 226 g/mol. The van der Waals surface area contributed by atoms with Gasteiger partial charge < -0.3 is 10.1 Å². The lowest BCUT2D eigenvalue weighted by Gasteiger charge is -2.16. The van der Waals surface area contributed by atoms with E-state index in [-0.39, 0.29) is 6.04 Å². The van der Waals surface area contributed by atoms with Crippen molar-refractivity contribution in [1.29, 1.82) is 0 Å². The van der Waals surface area contributed by atoms with Gasteiger partial charge in [-0.25, -0.2) is 9.97 Å². The third kappa shape index (κ3) is 3.94. The van der Waals surface area contributed by atoms with Crippen molar-refractivity contribution in [2.75, 3.05) is 24.9 Å². The van der Waals surface area contributed by atoms with Gasteiger partial charge in [0.05, 0.1) is 12.6 Å². The highest BCUT2D eigenvalue weighted by Crippen LogP contribution is 2.14. The standard InChI is InChI=1S/C11H18ClN3O/c1-8(2)10-4-11(14-7-13-10)15-9(5-12)6-16-3/h4,7-9H,5-6H2,1-3H3,(H,13,14,15). The molecule has 16 heavy (non-hydrogen) atoms. The van der Waals surface area contributed by atoms with Gasteiger partial charge in [-0.1, -0.05) is 13.8 Å². The summed E-state index contributed by atoms with van der Waals surface area (Å²) in [7, 11) is 1.65. The molecule has 0 spiro atoms. The minimum Gasteiger partial charge on any atom is -0.383 e. The smallest absolute Gasteiger partial charge is 0.129 e. The molecule has 0 fully saturated rings. The Kier molecular flexibility index (Phi) is 5.49. The number of methoxy groups -OCH3 is 1. The van der Waals surface area contributed by atoms with Crippen molar-refractivity contribution >= 4 is 17.4 Å². The summed E-state index contributed by atoms with van der Waals surface area (Å²) in [5.41, 5.74) is 1.02. The molecule has 1 rings (SSSR count). The zero-order valence-electron chi connectivity index (χ0n) is 9.90. The number of anilines is 1. The first kappa shape index (κ1) is 13.2. The van der Waals surface area contributed by atoms with Gasteiger partial charge in [-0.2, -0.15) is 0 Å². The van der Waals surface area contributed by atoms with E-state index in [4.69, 9.17) is 16.3 Å². The third-order valence-corrected chi connectivity index (χ3v) is 2.56. The highest BCUT2D eigenvalue weighted by molar-refractivity contribution is 6.18. The molecule has 1 aromatic rings. The maximum absolute atomic E-state index is 5.81. The predicted octanol–water partition coefficient (Wildman–Crippen LogP) is 2.27. The fraction of sp³-hybridized carbons (Fsp3) is 0.636. The average molecular weight is 244 g/mol. The molecule has 1 atom stereocenters. The maximum Gasteiger partial charge on any atom is 0.129 e. The van der Waals surface area contributed by atoms with Crippen LogP contribution in [0.4, 0.5) is 5.82 Å². The lowest BCUT2D eigenvalue weighted by atomic mass is 10.1. The predicted molar refractivity (Wildman–Crippen MR) is 66.1 cm³/mol. The molecule has 0 saturated carbocycles. The quantitative estimate of drug-likeness (QED) is 0.779. The van der Waals surface area contributed by atoms with Crippen molar-refractivity contribution in [2.45, 2.75) is 25.8 Å². The van der Waals surface area contributed by atoms with Crippen molar-refractivity contribution in [1.82, 2.24) is 9.97 Å². The highest BCUT2D eigenvalue weighted by Gasteiger charge is 2.09. The average Bonchev–Trinajstić information content (AvgIpc) is 2.29. The molecule has 0 aliphatic rings. The van der Waals surface area contributed by atoms with E-state index >= 15 is 0 Å². The summed E-state index contributed by atoms with van der Waals surface area (Å²) in [6.07, 6.45) is 1.57. The molecule has 5 heteroatoms. The summed E-state index contributed by atoms with van der Waals surface area (Å²) in [4.78, 5) is 8.36. The van der Waals surface area contributed by atoms with Crippen LogP contribution in [-0.4, -0.2) is 35.6 Å². The number of hydrogen-bond donors (Lipinski definition) is 1. The van der Waals surface area contributed by atoms with E-state index in [1.165, 1.54) is 0 Å². The van der Waals surface area contributed by atoms with Crippen molar-refractivity contribution in [2.24, 2.45) is 0 Å². The van der Waals surface area contributed by atoms with E-state index in [9.17, 15) is 0 Å². The van der Waals surface area contributed by atoms with Gasteiger partial charge in [0.2, 0.25) is 0 Å². The second-order valence-corrected chi connectivity index (χ2v) is 4.24. The van der Waals surface area contributed by atoms with Crippen LogP contribution in [0, 0.1) is 0 Å². The SMILES string of the molecule is COCC(CCl)Nc1cc(C(C)C)ncn1. The maximum atomic E-state index is 5.81. The first-order valence-electron chi connectivity index (χ1n) is 5.30. The van der Waals surface area contributed by atoms with E-state index in [0.29, 0.717) is 18.4 Å². The number of alkyl halides is 1. The summed E-state index contributed by atoms with van der Waals surface area (Å²) < 4.78 is 5.05. The molecule has 0 aliphatic carbocycles. The lowest BCUT2D eigenvalue weighted by Crippen LogP contribution is -2.27. The monoisotopic (exact) mass is 243 g/mol. The van der Waals surface area contributed by atoms with Crippen LogP contribution in [0.2, 0.25) is 0 Å². The van der Waals surface area contributed by atoms with E-state index < -0.39 is 0 Å². The van der Waals surface area contributed by atoms with Gasteiger partial charge in [-0.3, -0.25) is 0 Å². The van der Waals surface area contributed by atoms with E-state index in [1.54, 1.807) is 13.4 Å². The van der Waals surface area contributed by atoms with Crippen LogP contribution >= 0.6 is 11.6 Å². The molecule has 0 radical (unpaired) electrons. The Bertz CT molecular complexity index is 320. The second-order valence-electron chi connectivity index (χ2n) is 3.93. The fourth-order valence-electron chi connectivity index (χ4n) is 1.30. The van der Waals surface area contributed by atoms with E-state index in [2.05, 4.69) is 29.1 Å². The highest BCUT2D eigenvalue weighted by atomic mass is 35.5. The largest absolute Gasteiger partial charge is 0.383 e. The summed E-state index contributed by atoms with van der Waals surface area (Å²) >= 11 is 5.81. The van der Waals surface area contributed by atoms with Gasteiger partial charge >= 0.3 is 0 Å². The molecule has 1 heterocycles. The fourth-order valence-corrected chi connectivity index (χ4v) is 1.47. The van der Waals surface area contributed by atoms with Crippen LogP contribution in [0.1, 0.15) is 25.5 Å². The van der Waals surface area contributed by atoms with Crippen LogP contribution in [0.5, 0.6) is 0 Å². The molecule has 4 nitrogen and oxygen atoms in total. The number of nitrogens with one attached hydrogen (secondary N) is 1. The number of rotatable bonds is 6. The summed E-state index contributed by atoms with van der Waals surface area (Å²) in [5, 5.41) is 3.22. The van der Waals surface area contributed by atoms with Crippen LogP contribution in [0.15, 0.2) is 12.4 Å². The number of nitrogens with zero attached hydrogens (tertiary/aromatic N) is 2. The van der Waals surface area contributed by atoms with Crippen molar-refractivity contribution in [3.05, 3.63) is 18.1 Å². The Morgan fingerprint density at radius 2 is 2.19 bits per heavy atom. The van der Waals surface area contributed by atoms with Gasteiger partial charge in [-0.05, 0) is 5.92 Å². The summed E-state index contributed by atoms with van der Waals surface area (Å²) in [6.45, 7) is 4.76. The van der Waals surface area contributed by atoms with E-state index in [1.807, 2.05) is 6.07 Å². The van der Waals surface area contributed by atoms with Gasteiger partial charge in [0, 0.05) is 24.8 Å². The zero-order chi connectivity index (χ0) is 12.0. The minimum atomic E-state index is 0.0709. The molecule has 0 saturated heterocycles. The normalized spacial score (nSPS) is 12.8. The Morgan fingerprint density at radius 3 is 2.75 bits per heavy atom. The molecule has 1 unspecified atom stereocenters. The number of halogens is 1. The Balaban J connectivity index is 2.68. The second kappa shape index (κ2) is 6.66. The Hall–Kier alpha value is -0.870. The Morgan fingerprint density at radius 1 is 1.44 bits per heavy atom. The summed E-state index contributed by atoms with van der Waals surface area (Å²) in [6, 6.07) is 2.02. The number of aromatic nitrogens is 2. The van der Waals surface area contributed by atoms with Gasteiger partial charge in [0.15, 0.2) is 0 Å². The van der Waals surface area contributed by atoms with Gasteiger partial charge in [0.25, 0.3) is 0 Å². The van der Waals surface area contributed by atoms with E-state index in [0.717, 1.165) is 11.5 Å². The molecular formula is C11H18ClN3O. The van der Waals surface area contributed by atoms with Crippen molar-refractivity contribution in [3.63, 3.8) is 0 Å². The molecule has 0 amide bonds. The lowest BCUT2D eigenvalue weighted by molar-refractivity contribution is 0.191. The molecule has 1 aromatic heterocycles. The van der Waals surface area contributed by atoms with Crippen molar-refractivity contribution < 1.29 is 4.74 Å². The summed E-state index contributed by atoms with van der Waals surface area (Å²) in [5.74, 6) is 1.66. The minimum absolute atomic E-state index is 0.0709. The zero-order valence-corrected chi connectivity index (χ0v) is 10.7. The van der Waals surface area contributed by atoms with Gasteiger partial charge in [0.1, 0.15) is 12.1 Å². The van der Waals surface area contributed by atoms with Crippen LogP contribution in [0.3, 0.4) is 0 Å². The molecule has 0 aliphatic heterocycles. The number of hydrogen-bond acceptors (Lipinski definition) is 4. The topological polar surface area (TPSA) is 47.0 Å². The van der Waals surface area contributed by atoms with Crippen LogP contribution in [-0.2, 0) is 4.74 Å². The molecule has 0 aromatic carbocycles. The van der Waals surface area contributed by atoms with Crippen molar-refractivity contribution in [3.8, 4) is 0 Å². The molecule has 90 valence electrons.